The summed E-state index contributed by atoms with van der Waals surface area (Å²) < 4.78 is 5.04. The Morgan fingerprint density at radius 2 is 1.68 bits per heavy atom. The van der Waals surface area contributed by atoms with Crippen molar-refractivity contribution in [2.45, 2.75) is 86.1 Å². The number of nitrogens with one attached hydrogen (secondary N) is 1. The first-order chi connectivity index (χ1) is 14.9. The molecule has 0 aliphatic rings. The summed E-state index contributed by atoms with van der Waals surface area (Å²) in [5.74, 6) is 0.456. The molecule has 0 unspecified atom stereocenters. The number of rotatable bonds is 15. The molecule has 0 saturated carbocycles. The first kappa shape index (κ1) is 30.0. The van der Waals surface area contributed by atoms with Crippen molar-refractivity contribution in [2.24, 2.45) is 0 Å². The second-order valence-electron chi connectivity index (χ2n) is 7.61. The Hall–Kier alpha value is -1.02. The molecule has 177 valence electrons. The van der Waals surface area contributed by atoms with Crippen molar-refractivity contribution in [2.75, 3.05) is 13.6 Å². The van der Waals surface area contributed by atoms with E-state index in [1.54, 1.807) is 32.6 Å². The first-order valence-corrected chi connectivity index (χ1v) is 18.1. The molecule has 1 heterocycles. The van der Waals surface area contributed by atoms with E-state index in [4.69, 9.17) is 11.6 Å². The smallest absolute Gasteiger partial charge is 0.274 e. The summed E-state index contributed by atoms with van der Waals surface area (Å²) in [6, 6.07) is 3.54. The fraction of sp³-hybridized carbons (Fsp3) is 0.696. The van der Waals surface area contributed by atoms with Gasteiger partial charge in [-0.3, -0.25) is 10.1 Å². The SMILES string of the molecule is CCC[CH2][Sn]([CH2]CCC)[CH2]CCC.CCN(Cc1ccc(Cl)nc1)/C(=C/[N+](=O)[O-])NC. The number of nitrogens with zero attached hydrogens (tertiary/aromatic N) is 3. The fourth-order valence-electron chi connectivity index (χ4n) is 3.15. The van der Waals surface area contributed by atoms with Gasteiger partial charge >= 0.3 is 92.4 Å². The molecule has 0 atom stereocenters. The molecule has 1 N–H and O–H groups in total. The Morgan fingerprint density at radius 1 is 1.13 bits per heavy atom. The largest absolute Gasteiger partial charge is 0.370 e. The quantitative estimate of drug-likeness (QED) is 0.111. The molecule has 0 aromatic carbocycles. The Morgan fingerprint density at radius 3 is 2.03 bits per heavy atom. The van der Waals surface area contributed by atoms with Gasteiger partial charge in [-0.1, -0.05) is 17.7 Å². The number of nitro groups is 1. The van der Waals surface area contributed by atoms with Crippen LogP contribution in [0.25, 0.3) is 0 Å². The van der Waals surface area contributed by atoms with Crippen LogP contribution < -0.4 is 5.32 Å². The van der Waals surface area contributed by atoms with Crippen molar-refractivity contribution in [3.05, 3.63) is 51.2 Å². The zero-order chi connectivity index (χ0) is 23.5. The molecule has 0 fully saturated rings. The van der Waals surface area contributed by atoms with Crippen LogP contribution in [0.2, 0.25) is 18.5 Å². The Labute approximate surface area is 201 Å². The zero-order valence-corrected chi connectivity index (χ0v) is 23.7. The van der Waals surface area contributed by atoms with E-state index in [0.29, 0.717) is 24.1 Å². The molecule has 0 saturated heterocycles. The van der Waals surface area contributed by atoms with Crippen LogP contribution in [0, 0.1) is 10.1 Å². The Balaban J connectivity index is 0.000000615. The third-order valence-electron chi connectivity index (χ3n) is 5.02. The minimum Gasteiger partial charge on any atom is -0.370 e. The average molecular weight is 561 g/mol. The van der Waals surface area contributed by atoms with Crippen molar-refractivity contribution in [3.63, 3.8) is 0 Å². The molecular weight excluding hydrogens is 518 g/mol. The van der Waals surface area contributed by atoms with Crippen LogP contribution in [0.5, 0.6) is 0 Å². The van der Waals surface area contributed by atoms with Gasteiger partial charge in [0.2, 0.25) is 0 Å². The first-order valence-electron chi connectivity index (χ1n) is 11.6. The minimum atomic E-state index is -0.839. The number of halogens is 1. The summed E-state index contributed by atoms with van der Waals surface area (Å²) >= 11 is 4.86. The van der Waals surface area contributed by atoms with Crippen LogP contribution in [0.1, 0.15) is 71.8 Å². The van der Waals surface area contributed by atoms with Crippen LogP contribution in [0.15, 0.2) is 30.4 Å². The van der Waals surface area contributed by atoms with Crippen molar-refractivity contribution in [3.8, 4) is 0 Å². The predicted molar refractivity (Wildman–Crippen MR) is 134 cm³/mol. The standard InChI is InChI=1S/C11H15ClN4O2.3C4H9.Sn/c1-3-15(11(13-2)8-16(17)18)7-9-4-5-10(12)14-6-9;3*1-3-4-2;/h4-6,8,13H,3,7H2,1-2H3;3*1,3-4H2,2H3;/b11-8+;;;;. The van der Waals surface area contributed by atoms with E-state index in [9.17, 15) is 10.1 Å². The van der Waals surface area contributed by atoms with Crippen molar-refractivity contribution >= 4 is 31.4 Å². The monoisotopic (exact) mass is 561 g/mol. The molecule has 0 spiro atoms. The van der Waals surface area contributed by atoms with E-state index >= 15 is 0 Å². The van der Waals surface area contributed by atoms with E-state index < -0.39 is 24.7 Å². The van der Waals surface area contributed by atoms with Gasteiger partial charge in [0.05, 0.1) is 4.92 Å². The topological polar surface area (TPSA) is 71.3 Å². The minimum absolute atomic E-state index is 0.427. The number of unbranched alkanes of at least 4 members (excludes halogenated alkanes) is 3. The molecule has 8 heteroatoms. The maximum atomic E-state index is 10.5. The summed E-state index contributed by atoms with van der Waals surface area (Å²) in [4.78, 5) is 15.9. The van der Waals surface area contributed by atoms with Crippen molar-refractivity contribution in [1.29, 1.82) is 0 Å². The normalized spacial score (nSPS) is 11.1. The third-order valence-corrected chi connectivity index (χ3v) is 14.3. The predicted octanol–water partition coefficient (Wildman–Crippen LogP) is 6.73. The van der Waals surface area contributed by atoms with Gasteiger partial charge in [0.1, 0.15) is 5.15 Å². The summed E-state index contributed by atoms with van der Waals surface area (Å²) in [5.41, 5.74) is 0.936. The van der Waals surface area contributed by atoms with Crippen LogP contribution in [-0.4, -0.2) is 48.2 Å². The molecule has 0 bridgehead atoms. The van der Waals surface area contributed by atoms with E-state index in [0.717, 1.165) is 11.8 Å². The zero-order valence-electron chi connectivity index (χ0n) is 20.1. The van der Waals surface area contributed by atoms with Gasteiger partial charge in [0, 0.05) is 26.3 Å². The molecule has 6 nitrogen and oxygen atoms in total. The summed E-state index contributed by atoms with van der Waals surface area (Å²) in [6.07, 6.45) is 11.5. The van der Waals surface area contributed by atoms with E-state index in [-0.39, 0.29) is 0 Å². The van der Waals surface area contributed by atoms with Crippen LogP contribution in [0.3, 0.4) is 0 Å². The van der Waals surface area contributed by atoms with Gasteiger partial charge < -0.3 is 10.2 Å². The van der Waals surface area contributed by atoms with Gasteiger partial charge in [-0.05, 0) is 18.6 Å². The van der Waals surface area contributed by atoms with Gasteiger partial charge in [-0.15, -0.1) is 0 Å². The Bertz CT molecular complexity index is 595. The maximum absolute atomic E-state index is 10.5. The van der Waals surface area contributed by atoms with Crippen molar-refractivity contribution in [1.82, 2.24) is 15.2 Å². The maximum Gasteiger partial charge on any atom is 0.274 e. The van der Waals surface area contributed by atoms with Gasteiger partial charge in [-0.25, -0.2) is 4.98 Å². The molecule has 0 aliphatic heterocycles. The summed E-state index contributed by atoms with van der Waals surface area (Å²) in [6.45, 7) is 10.1. The van der Waals surface area contributed by atoms with Gasteiger partial charge in [0.25, 0.3) is 6.20 Å². The van der Waals surface area contributed by atoms with Crippen molar-refractivity contribution < 1.29 is 4.92 Å². The number of hydrogen-bond acceptors (Lipinski definition) is 5. The van der Waals surface area contributed by atoms with E-state index in [1.807, 2.05) is 17.9 Å². The second-order valence-corrected chi connectivity index (χ2v) is 16.6. The molecule has 0 amide bonds. The molecule has 31 heavy (non-hydrogen) atoms. The van der Waals surface area contributed by atoms with Crippen LogP contribution in [-0.2, 0) is 6.54 Å². The molecule has 1 rings (SSSR count). The average Bonchev–Trinajstić information content (AvgIpc) is 2.77. The number of pyridine rings is 1. The third kappa shape index (κ3) is 15.4. The van der Waals surface area contributed by atoms with E-state index in [2.05, 4.69) is 31.1 Å². The van der Waals surface area contributed by atoms with Gasteiger partial charge in [0.15, 0.2) is 5.82 Å². The van der Waals surface area contributed by atoms with Crippen LogP contribution in [0.4, 0.5) is 0 Å². The van der Waals surface area contributed by atoms with E-state index in [1.165, 1.54) is 38.5 Å². The number of hydrogen-bond donors (Lipinski definition) is 1. The summed E-state index contributed by atoms with van der Waals surface area (Å²) in [5, 5.41) is 13.8. The second kappa shape index (κ2) is 19.6. The summed E-state index contributed by atoms with van der Waals surface area (Å²) in [7, 11) is 1.65. The molecule has 1 radical (unpaired) electrons. The fourth-order valence-corrected chi connectivity index (χ4v) is 12.7. The molecular formula is C23H42ClN4O2Sn. The van der Waals surface area contributed by atoms with Gasteiger partial charge in [-0.2, -0.15) is 0 Å². The molecule has 1 aromatic rings. The number of aromatic nitrogens is 1. The Kier molecular flexibility index (Phi) is 19.0. The van der Waals surface area contributed by atoms with Crippen LogP contribution >= 0.6 is 11.6 Å². The molecule has 0 aliphatic carbocycles. The molecule has 1 aromatic heterocycles.